The van der Waals surface area contributed by atoms with Gasteiger partial charge in [0.25, 0.3) is 0 Å². The molecule has 2 fully saturated rings. The quantitative estimate of drug-likeness (QED) is 0.568. The van der Waals surface area contributed by atoms with Crippen molar-refractivity contribution in [3.8, 4) is 0 Å². The van der Waals surface area contributed by atoms with Crippen LogP contribution >= 0.6 is 0 Å². The van der Waals surface area contributed by atoms with E-state index in [0.717, 1.165) is 6.42 Å². The van der Waals surface area contributed by atoms with Crippen molar-refractivity contribution < 1.29 is 5.11 Å². The maximum Gasteiger partial charge on any atom is 0.0576 e. The molecule has 0 spiro atoms. The summed E-state index contributed by atoms with van der Waals surface area (Å²) >= 11 is 0. The summed E-state index contributed by atoms with van der Waals surface area (Å²) in [6, 6.07) is 0. The van der Waals surface area contributed by atoms with Crippen molar-refractivity contribution >= 4 is 0 Å². The SMILES string of the molecule is CC=C1CCC2[C@@H](O)CCC[C@]12C. The second-order valence-corrected chi connectivity index (χ2v) is 4.84. The zero-order valence-electron chi connectivity index (χ0n) is 8.71. The van der Waals surface area contributed by atoms with Crippen molar-refractivity contribution in [2.75, 3.05) is 0 Å². The number of aliphatic hydroxyl groups is 1. The van der Waals surface area contributed by atoms with Crippen molar-refractivity contribution in [3.05, 3.63) is 11.6 Å². The number of hydrogen-bond acceptors (Lipinski definition) is 1. The Balaban J connectivity index is 2.28. The molecule has 2 saturated carbocycles. The van der Waals surface area contributed by atoms with Crippen LogP contribution < -0.4 is 0 Å². The first-order chi connectivity index (χ1) is 6.18. The Morgan fingerprint density at radius 3 is 2.92 bits per heavy atom. The van der Waals surface area contributed by atoms with Gasteiger partial charge < -0.3 is 5.11 Å². The molecular weight excluding hydrogens is 160 g/mol. The zero-order chi connectivity index (χ0) is 9.47. The third-order valence-corrected chi connectivity index (χ3v) is 4.29. The smallest absolute Gasteiger partial charge is 0.0576 e. The van der Waals surface area contributed by atoms with Crippen molar-refractivity contribution in [2.24, 2.45) is 11.3 Å². The predicted octanol–water partition coefficient (Wildman–Crippen LogP) is 2.89. The Hall–Kier alpha value is -0.300. The Morgan fingerprint density at radius 2 is 2.23 bits per heavy atom. The molecule has 2 aliphatic carbocycles. The minimum atomic E-state index is -0.0313. The van der Waals surface area contributed by atoms with E-state index < -0.39 is 0 Å². The van der Waals surface area contributed by atoms with Crippen LogP contribution in [0.2, 0.25) is 0 Å². The standard InChI is InChI=1S/C12H20O/c1-3-9-6-7-10-11(13)5-4-8-12(9,10)2/h3,10-11,13H,4-8H2,1-2H3/t10?,11-,12+/m0/s1. The summed E-state index contributed by atoms with van der Waals surface area (Å²) < 4.78 is 0. The van der Waals surface area contributed by atoms with Crippen molar-refractivity contribution in [1.29, 1.82) is 0 Å². The predicted molar refractivity (Wildman–Crippen MR) is 54.4 cm³/mol. The van der Waals surface area contributed by atoms with E-state index in [1.54, 1.807) is 5.57 Å². The maximum absolute atomic E-state index is 9.93. The molecule has 0 aromatic carbocycles. The van der Waals surface area contributed by atoms with Gasteiger partial charge in [-0.2, -0.15) is 0 Å². The van der Waals surface area contributed by atoms with E-state index in [1.165, 1.54) is 25.7 Å². The number of allylic oxidation sites excluding steroid dienone is 2. The third-order valence-electron chi connectivity index (χ3n) is 4.29. The van der Waals surface area contributed by atoms with Crippen LogP contribution in [0.3, 0.4) is 0 Å². The Morgan fingerprint density at radius 1 is 1.46 bits per heavy atom. The van der Waals surface area contributed by atoms with Crippen LogP contribution in [-0.4, -0.2) is 11.2 Å². The molecule has 2 aliphatic rings. The summed E-state index contributed by atoms with van der Waals surface area (Å²) in [6.45, 7) is 4.49. The summed E-state index contributed by atoms with van der Waals surface area (Å²) in [5.74, 6) is 0.549. The molecule has 0 saturated heterocycles. The monoisotopic (exact) mass is 180 g/mol. The minimum Gasteiger partial charge on any atom is -0.393 e. The van der Waals surface area contributed by atoms with E-state index in [9.17, 15) is 5.11 Å². The average molecular weight is 180 g/mol. The molecule has 2 rings (SSSR count). The molecule has 0 bridgehead atoms. The number of fused-ring (bicyclic) bond motifs is 1. The van der Waals surface area contributed by atoms with E-state index in [1.807, 2.05) is 0 Å². The fourth-order valence-electron chi connectivity index (χ4n) is 3.47. The van der Waals surface area contributed by atoms with Crippen LogP contribution in [0.5, 0.6) is 0 Å². The molecule has 0 radical (unpaired) electrons. The fourth-order valence-corrected chi connectivity index (χ4v) is 3.47. The average Bonchev–Trinajstić information content (AvgIpc) is 2.43. The van der Waals surface area contributed by atoms with E-state index in [0.29, 0.717) is 11.3 Å². The second kappa shape index (κ2) is 3.13. The van der Waals surface area contributed by atoms with Gasteiger partial charge in [-0.05, 0) is 50.4 Å². The molecule has 74 valence electrons. The summed E-state index contributed by atoms with van der Waals surface area (Å²) in [5.41, 5.74) is 1.93. The molecule has 0 aromatic rings. The lowest BCUT2D eigenvalue weighted by atomic mass is 9.66. The molecule has 1 unspecified atom stereocenters. The lowest BCUT2D eigenvalue weighted by Crippen LogP contribution is -2.37. The number of rotatable bonds is 0. The highest BCUT2D eigenvalue weighted by Crippen LogP contribution is 2.54. The molecule has 0 aliphatic heterocycles. The molecule has 1 N–H and O–H groups in total. The van der Waals surface area contributed by atoms with Gasteiger partial charge in [-0.3, -0.25) is 0 Å². The van der Waals surface area contributed by atoms with Crippen molar-refractivity contribution in [3.63, 3.8) is 0 Å². The molecular formula is C12H20O. The van der Waals surface area contributed by atoms with Crippen molar-refractivity contribution in [2.45, 2.75) is 52.1 Å². The summed E-state index contributed by atoms with van der Waals surface area (Å²) in [6.07, 6.45) is 8.18. The highest BCUT2D eigenvalue weighted by molar-refractivity contribution is 5.21. The van der Waals surface area contributed by atoms with Crippen LogP contribution in [-0.2, 0) is 0 Å². The lowest BCUT2D eigenvalue weighted by molar-refractivity contribution is 0.0148. The summed E-state index contributed by atoms with van der Waals surface area (Å²) in [7, 11) is 0. The molecule has 1 heteroatoms. The van der Waals surface area contributed by atoms with Crippen LogP contribution in [0, 0.1) is 11.3 Å². The van der Waals surface area contributed by atoms with Crippen molar-refractivity contribution in [1.82, 2.24) is 0 Å². The maximum atomic E-state index is 9.93. The Labute approximate surface area is 80.8 Å². The molecule has 3 atom stereocenters. The first kappa shape index (κ1) is 9.26. The van der Waals surface area contributed by atoms with E-state index in [4.69, 9.17) is 0 Å². The van der Waals surface area contributed by atoms with Crippen LogP contribution in [0.1, 0.15) is 46.0 Å². The summed E-state index contributed by atoms with van der Waals surface area (Å²) in [5, 5.41) is 9.93. The normalized spacial score (nSPS) is 48.1. The Kier molecular flexibility index (Phi) is 2.23. The topological polar surface area (TPSA) is 20.2 Å². The first-order valence-corrected chi connectivity index (χ1v) is 5.52. The van der Waals surface area contributed by atoms with E-state index in [-0.39, 0.29) is 6.10 Å². The van der Waals surface area contributed by atoms with Gasteiger partial charge in [-0.25, -0.2) is 0 Å². The highest BCUT2D eigenvalue weighted by Gasteiger charge is 2.47. The van der Waals surface area contributed by atoms with Gasteiger partial charge in [0.05, 0.1) is 6.10 Å². The third kappa shape index (κ3) is 1.25. The molecule has 1 nitrogen and oxygen atoms in total. The first-order valence-electron chi connectivity index (χ1n) is 5.52. The van der Waals surface area contributed by atoms with Gasteiger partial charge in [-0.15, -0.1) is 0 Å². The second-order valence-electron chi connectivity index (χ2n) is 4.84. The number of hydrogen-bond donors (Lipinski definition) is 1. The van der Waals surface area contributed by atoms with Gasteiger partial charge >= 0.3 is 0 Å². The zero-order valence-corrected chi connectivity index (χ0v) is 8.71. The van der Waals surface area contributed by atoms with Gasteiger partial charge in [0.15, 0.2) is 0 Å². The van der Waals surface area contributed by atoms with Crippen LogP contribution in [0.15, 0.2) is 11.6 Å². The van der Waals surface area contributed by atoms with E-state index >= 15 is 0 Å². The number of aliphatic hydroxyl groups excluding tert-OH is 1. The summed E-state index contributed by atoms with van der Waals surface area (Å²) in [4.78, 5) is 0. The van der Waals surface area contributed by atoms with Crippen LogP contribution in [0.25, 0.3) is 0 Å². The van der Waals surface area contributed by atoms with E-state index in [2.05, 4.69) is 19.9 Å². The van der Waals surface area contributed by atoms with Gasteiger partial charge in [0.1, 0.15) is 0 Å². The van der Waals surface area contributed by atoms with Crippen LogP contribution in [0.4, 0.5) is 0 Å². The highest BCUT2D eigenvalue weighted by atomic mass is 16.3. The van der Waals surface area contributed by atoms with Gasteiger partial charge in [0, 0.05) is 0 Å². The molecule has 0 aromatic heterocycles. The molecule has 13 heavy (non-hydrogen) atoms. The van der Waals surface area contributed by atoms with Gasteiger partial charge in [-0.1, -0.05) is 18.6 Å². The Bertz CT molecular complexity index is 231. The van der Waals surface area contributed by atoms with Gasteiger partial charge in [0.2, 0.25) is 0 Å². The lowest BCUT2D eigenvalue weighted by Gasteiger charge is -2.40. The molecule has 0 heterocycles. The minimum absolute atomic E-state index is 0.0313. The fraction of sp³-hybridized carbons (Fsp3) is 0.833. The molecule has 0 amide bonds. The largest absolute Gasteiger partial charge is 0.393 e.